The summed E-state index contributed by atoms with van der Waals surface area (Å²) in [5, 5.41) is 3.88. The quantitative estimate of drug-likeness (QED) is 0.638. The van der Waals surface area contributed by atoms with Crippen LogP contribution in [-0.2, 0) is 4.79 Å². The molecule has 1 saturated heterocycles. The van der Waals surface area contributed by atoms with Crippen molar-refractivity contribution in [2.75, 3.05) is 38.2 Å². The van der Waals surface area contributed by atoms with E-state index in [9.17, 15) is 4.79 Å². The molecule has 1 fully saturated rings. The lowest BCUT2D eigenvalue weighted by Gasteiger charge is -2.32. The molecular formula is C25H27N3O4. The Kier molecular flexibility index (Phi) is 5.81. The predicted molar refractivity (Wildman–Crippen MR) is 123 cm³/mol. The Hall–Kier alpha value is -3.32. The second kappa shape index (κ2) is 9.04. The number of hydrogen-bond donors (Lipinski definition) is 1. The third kappa shape index (κ3) is 4.62. The highest BCUT2D eigenvalue weighted by atomic mass is 16.5. The van der Waals surface area contributed by atoms with Gasteiger partial charge in [-0.2, -0.15) is 0 Å². The number of ether oxygens (including phenoxy) is 3. The van der Waals surface area contributed by atoms with Crippen LogP contribution >= 0.6 is 0 Å². The normalized spacial score (nSPS) is 16.8. The van der Waals surface area contributed by atoms with Gasteiger partial charge >= 0.3 is 0 Å². The smallest absolute Gasteiger partial charge is 0.262 e. The number of carbonyl (C=O) groups excluding carboxylic acids is 1. The van der Waals surface area contributed by atoms with E-state index in [-0.39, 0.29) is 18.6 Å². The molecule has 1 aromatic heterocycles. The summed E-state index contributed by atoms with van der Waals surface area (Å²) in [7, 11) is 0. The largest absolute Gasteiger partial charge is 0.492 e. The minimum absolute atomic E-state index is 0.0619. The van der Waals surface area contributed by atoms with Crippen molar-refractivity contribution >= 4 is 22.5 Å². The second-order valence-corrected chi connectivity index (χ2v) is 8.28. The molecule has 0 radical (unpaired) electrons. The summed E-state index contributed by atoms with van der Waals surface area (Å²) in [6.45, 7) is 5.52. The van der Waals surface area contributed by atoms with Gasteiger partial charge in [-0.25, -0.2) is 0 Å². The molecule has 3 heterocycles. The molecule has 5 rings (SSSR count). The lowest BCUT2D eigenvalue weighted by atomic mass is 10.1. The second-order valence-electron chi connectivity index (χ2n) is 8.28. The zero-order valence-electron chi connectivity index (χ0n) is 18.2. The lowest BCUT2D eigenvalue weighted by Crippen LogP contribution is -2.40. The molecule has 2 aliphatic heterocycles. The summed E-state index contributed by atoms with van der Waals surface area (Å²) >= 11 is 0. The Balaban J connectivity index is 1.10. The van der Waals surface area contributed by atoms with E-state index < -0.39 is 0 Å². The Morgan fingerprint density at radius 1 is 1.16 bits per heavy atom. The average Bonchev–Trinajstić information content (AvgIpc) is 2.80. The number of rotatable bonds is 6. The Bertz CT molecular complexity index is 1130. The maximum atomic E-state index is 11.5. The van der Waals surface area contributed by atoms with Gasteiger partial charge in [-0.3, -0.25) is 14.7 Å². The molecule has 1 amide bonds. The molecule has 166 valence electrons. The van der Waals surface area contributed by atoms with Crippen molar-refractivity contribution in [3.8, 4) is 17.2 Å². The minimum atomic E-state index is -0.139. The third-order valence-electron chi connectivity index (χ3n) is 5.92. The zero-order valence-corrected chi connectivity index (χ0v) is 18.2. The number of pyridine rings is 1. The molecule has 0 unspecified atom stereocenters. The van der Waals surface area contributed by atoms with Crippen molar-refractivity contribution in [3.63, 3.8) is 0 Å². The minimum Gasteiger partial charge on any atom is -0.492 e. The van der Waals surface area contributed by atoms with Gasteiger partial charge in [0.2, 0.25) is 0 Å². The summed E-state index contributed by atoms with van der Waals surface area (Å²) in [6.07, 6.45) is 2.08. The number of aromatic nitrogens is 1. The number of aryl methyl sites for hydroxylation is 1. The summed E-state index contributed by atoms with van der Waals surface area (Å²) in [6, 6.07) is 15.7. The van der Waals surface area contributed by atoms with Crippen LogP contribution in [0.1, 0.15) is 18.5 Å². The average molecular weight is 434 g/mol. The topological polar surface area (TPSA) is 72.9 Å². The molecule has 0 spiro atoms. The van der Waals surface area contributed by atoms with Crippen molar-refractivity contribution in [1.82, 2.24) is 9.88 Å². The van der Waals surface area contributed by atoms with Crippen LogP contribution in [0.5, 0.6) is 17.2 Å². The van der Waals surface area contributed by atoms with Crippen molar-refractivity contribution in [3.05, 3.63) is 54.2 Å². The monoisotopic (exact) mass is 433 g/mol. The number of carbonyl (C=O) groups is 1. The standard InChI is InChI=1S/C25H27N3O4/c1-17-5-7-20-21(26-17)3-2-4-23(20)30-14-13-28-11-9-18(10-12-28)32-19-6-8-24-22(15-19)27-25(29)16-31-24/h2-8,15,18H,9-14,16H2,1H3,(H,27,29). The zero-order chi connectivity index (χ0) is 21.9. The lowest BCUT2D eigenvalue weighted by molar-refractivity contribution is -0.118. The first-order valence-corrected chi connectivity index (χ1v) is 11.1. The van der Waals surface area contributed by atoms with Crippen LogP contribution in [0.3, 0.4) is 0 Å². The van der Waals surface area contributed by atoms with Gasteiger partial charge in [-0.1, -0.05) is 6.07 Å². The van der Waals surface area contributed by atoms with Gasteiger partial charge in [0.15, 0.2) is 6.61 Å². The van der Waals surface area contributed by atoms with Crippen LogP contribution < -0.4 is 19.5 Å². The highest BCUT2D eigenvalue weighted by molar-refractivity contribution is 5.95. The fourth-order valence-corrected chi connectivity index (χ4v) is 4.22. The van der Waals surface area contributed by atoms with E-state index >= 15 is 0 Å². The first-order chi connectivity index (χ1) is 15.6. The number of fused-ring (bicyclic) bond motifs is 2. The van der Waals surface area contributed by atoms with Crippen molar-refractivity contribution < 1.29 is 19.0 Å². The fourth-order valence-electron chi connectivity index (χ4n) is 4.22. The van der Waals surface area contributed by atoms with Crippen LogP contribution in [0.25, 0.3) is 10.9 Å². The van der Waals surface area contributed by atoms with Crippen LogP contribution in [0, 0.1) is 6.92 Å². The number of hydrogen-bond acceptors (Lipinski definition) is 6. The molecular weight excluding hydrogens is 406 g/mol. The highest BCUT2D eigenvalue weighted by Gasteiger charge is 2.22. The molecule has 0 saturated carbocycles. The van der Waals surface area contributed by atoms with E-state index in [0.29, 0.717) is 18.0 Å². The van der Waals surface area contributed by atoms with Gasteiger partial charge in [0, 0.05) is 36.8 Å². The van der Waals surface area contributed by atoms with Gasteiger partial charge in [0.05, 0.1) is 11.2 Å². The Morgan fingerprint density at radius 2 is 2.03 bits per heavy atom. The molecule has 2 aromatic carbocycles. The maximum Gasteiger partial charge on any atom is 0.262 e. The van der Waals surface area contributed by atoms with Gasteiger partial charge in [0.25, 0.3) is 5.91 Å². The molecule has 2 aliphatic rings. The number of likely N-dealkylation sites (tertiary alicyclic amines) is 1. The third-order valence-corrected chi connectivity index (χ3v) is 5.92. The van der Waals surface area contributed by atoms with Crippen LogP contribution in [0.4, 0.5) is 5.69 Å². The first-order valence-electron chi connectivity index (χ1n) is 11.1. The van der Waals surface area contributed by atoms with Crippen LogP contribution in [-0.4, -0.2) is 54.7 Å². The van der Waals surface area contributed by atoms with Gasteiger partial charge in [0.1, 0.15) is 30.0 Å². The Morgan fingerprint density at radius 3 is 2.91 bits per heavy atom. The number of benzene rings is 2. The molecule has 3 aromatic rings. The van der Waals surface area contributed by atoms with Crippen molar-refractivity contribution in [2.24, 2.45) is 0 Å². The summed E-state index contributed by atoms with van der Waals surface area (Å²) in [4.78, 5) is 18.5. The van der Waals surface area contributed by atoms with Crippen LogP contribution in [0.15, 0.2) is 48.5 Å². The van der Waals surface area contributed by atoms with Gasteiger partial charge in [-0.05, 0) is 56.2 Å². The summed E-state index contributed by atoms with van der Waals surface area (Å²) in [5.41, 5.74) is 2.65. The molecule has 32 heavy (non-hydrogen) atoms. The number of anilines is 1. The predicted octanol–water partition coefficient (Wildman–Crippen LogP) is 3.80. The van der Waals surface area contributed by atoms with Gasteiger partial charge in [-0.15, -0.1) is 0 Å². The van der Waals surface area contributed by atoms with E-state index in [1.54, 1.807) is 0 Å². The molecule has 0 bridgehead atoms. The summed E-state index contributed by atoms with van der Waals surface area (Å²) < 4.78 is 17.7. The Labute approximate surface area is 187 Å². The van der Waals surface area contributed by atoms with Crippen LogP contribution in [0.2, 0.25) is 0 Å². The number of piperidine rings is 1. The number of nitrogens with zero attached hydrogens (tertiary/aromatic N) is 2. The van der Waals surface area contributed by atoms with E-state index in [1.165, 1.54) is 0 Å². The molecule has 1 N–H and O–H groups in total. The first kappa shape index (κ1) is 20.6. The SMILES string of the molecule is Cc1ccc2c(OCCN3CCC(Oc4ccc5c(c4)NC(=O)CO5)CC3)cccc2n1. The van der Waals surface area contributed by atoms with E-state index in [0.717, 1.165) is 60.6 Å². The van der Waals surface area contributed by atoms with E-state index in [4.69, 9.17) is 14.2 Å². The fraction of sp³-hybridized carbons (Fsp3) is 0.360. The molecule has 7 nitrogen and oxygen atoms in total. The molecule has 7 heteroatoms. The maximum absolute atomic E-state index is 11.5. The molecule has 0 atom stereocenters. The number of nitrogens with one attached hydrogen (secondary N) is 1. The highest BCUT2D eigenvalue weighted by Crippen LogP contribution is 2.32. The number of amides is 1. The summed E-state index contributed by atoms with van der Waals surface area (Å²) in [5.74, 6) is 2.19. The van der Waals surface area contributed by atoms with Crippen molar-refractivity contribution in [2.45, 2.75) is 25.9 Å². The van der Waals surface area contributed by atoms with Gasteiger partial charge < -0.3 is 19.5 Å². The van der Waals surface area contributed by atoms with Crippen molar-refractivity contribution in [1.29, 1.82) is 0 Å². The molecule has 0 aliphatic carbocycles. The van der Waals surface area contributed by atoms with E-state index in [1.807, 2.05) is 49.4 Å². The van der Waals surface area contributed by atoms with E-state index in [2.05, 4.69) is 21.3 Å².